The summed E-state index contributed by atoms with van der Waals surface area (Å²) in [7, 11) is 1.89. The summed E-state index contributed by atoms with van der Waals surface area (Å²) >= 11 is 0. The topological polar surface area (TPSA) is 55.9 Å². The molecule has 1 aromatic rings. The molecule has 0 unspecified atom stereocenters. The monoisotopic (exact) mass is 194 g/mol. The van der Waals surface area contributed by atoms with Gasteiger partial charge in [0.2, 0.25) is 0 Å². The van der Waals surface area contributed by atoms with E-state index >= 15 is 0 Å². The second-order valence-corrected chi connectivity index (χ2v) is 3.26. The normalized spacial score (nSPS) is 11.1. The standard InChI is InChI=1S/C10H18N4/c1-4-5-6-7-12-10-9(11)8(2)13-14(10)3/h4-5,12H,6-7,11H2,1-3H3/b5-4+. The Balaban J connectivity index is 2.58. The maximum absolute atomic E-state index is 5.85. The highest BCUT2D eigenvalue weighted by molar-refractivity contribution is 5.64. The lowest BCUT2D eigenvalue weighted by atomic mass is 10.3. The van der Waals surface area contributed by atoms with E-state index in [0.717, 1.165) is 30.2 Å². The van der Waals surface area contributed by atoms with Crippen LogP contribution in [0.5, 0.6) is 0 Å². The largest absolute Gasteiger partial charge is 0.394 e. The van der Waals surface area contributed by atoms with Crippen LogP contribution in [0.4, 0.5) is 11.5 Å². The molecule has 1 rings (SSSR count). The van der Waals surface area contributed by atoms with Crippen LogP contribution in [0, 0.1) is 6.92 Å². The number of aromatic nitrogens is 2. The van der Waals surface area contributed by atoms with E-state index in [1.165, 1.54) is 0 Å². The Labute approximate surface area is 84.8 Å². The molecule has 0 bridgehead atoms. The summed E-state index contributed by atoms with van der Waals surface area (Å²) in [5.74, 6) is 0.909. The number of hydrogen-bond donors (Lipinski definition) is 2. The Hall–Kier alpha value is -1.45. The van der Waals surface area contributed by atoms with Crippen molar-refractivity contribution < 1.29 is 0 Å². The predicted octanol–water partition coefficient (Wildman–Crippen LogP) is 1.69. The number of rotatable bonds is 4. The highest BCUT2D eigenvalue weighted by Gasteiger charge is 2.07. The van der Waals surface area contributed by atoms with Crippen LogP contribution in [0.3, 0.4) is 0 Å². The van der Waals surface area contributed by atoms with Crippen LogP contribution < -0.4 is 11.1 Å². The minimum absolute atomic E-state index is 0.743. The van der Waals surface area contributed by atoms with E-state index in [-0.39, 0.29) is 0 Å². The van der Waals surface area contributed by atoms with Gasteiger partial charge < -0.3 is 11.1 Å². The molecular formula is C10H18N4. The second kappa shape index (κ2) is 4.69. The lowest BCUT2D eigenvalue weighted by Crippen LogP contribution is -2.07. The zero-order valence-corrected chi connectivity index (χ0v) is 9.04. The average molecular weight is 194 g/mol. The fourth-order valence-corrected chi connectivity index (χ4v) is 1.32. The van der Waals surface area contributed by atoms with Crippen LogP contribution in [0.25, 0.3) is 0 Å². The summed E-state index contributed by atoms with van der Waals surface area (Å²) in [5, 5.41) is 7.48. The zero-order chi connectivity index (χ0) is 10.6. The van der Waals surface area contributed by atoms with Crippen LogP contribution >= 0.6 is 0 Å². The number of nitrogen functional groups attached to an aromatic ring is 1. The molecule has 4 nitrogen and oxygen atoms in total. The summed E-state index contributed by atoms with van der Waals surface area (Å²) in [6.45, 7) is 4.81. The molecule has 4 heteroatoms. The molecule has 3 N–H and O–H groups in total. The van der Waals surface area contributed by atoms with Gasteiger partial charge in [-0.05, 0) is 20.3 Å². The van der Waals surface area contributed by atoms with E-state index < -0.39 is 0 Å². The second-order valence-electron chi connectivity index (χ2n) is 3.26. The Kier molecular flexibility index (Phi) is 3.56. The molecule has 14 heavy (non-hydrogen) atoms. The van der Waals surface area contributed by atoms with Gasteiger partial charge >= 0.3 is 0 Å². The first-order valence-electron chi connectivity index (χ1n) is 4.81. The lowest BCUT2D eigenvalue weighted by molar-refractivity contribution is 0.758. The number of nitrogens with two attached hydrogens (primary N) is 1. The van der Waals surface area contributed by atoms with Gasteiger partial charge in [-0.15, -0.1) is 0 Å². The molecule has 1 heterocycles. The van der Waals surface area contributed by atoms with Gasteiger partial charge in [0.15, 0.2) is 0 Å². The fraction of sp³-hybridized carbons (Fsp3) is 0.500. The van der Waals surface area contributed by atoms with Gasteiger partial charge in [-0.3, -0.25) is 4.68 Å². The van der Waals surface area contributed by atoms with Gasteiger partial charge in [0, 0.05) is 13.6 Å². The molecule has 1 aromatic heterocycles. The molecule has 0 aliphatic rings. The van der Waals surface area contributed by atoms with Crippen molar-refractivity contribution in [1.29, 1.82) is 0 Å². The van der Waals surface area contributed by atoms with Gasteiger partial charge in [0.05, 0.1) is 11.4 Å². The third-order valence-electron chi connectivity index (χ3n) is 2.11. The van der Waals surface area contributed by atoms with Gasteiger partial charge in [-0.1, -0.05) is 12.2 Å². The van der Waals surface area contributed by atoms with Crippen molar-refractivity contribution in [3.63, 3.8) is 0 Å². The van der Waals surface area contributed by atoms with E-state index in [1.807, 2.05) is 27.0 Å². The molecule has 0 saturated heterocycles. The number of aryl methyl sites for hydroxylation is 2. The van der Waals surface area contributed by atoms with Crippen LogP contribution in [0.2, 0.25) is 0 Å². The third-order valence-corrected chi connectivity index (χ3v) is 2.11. The first-order valence-corrected chi connectivity index (χ1v) is 4.81. The van der Waals surface area contributed by atoms with Crippen LogP contribution in [0.15, 0.2) is 12.2 Å². The molecule has 0 amide bonds. The third kappa shape index (κ3) is 2.28. The maximum Gasteiger partial charge on any atom is 0.147 e. The molecule has 0 saturated carbocycles. The molecule has 0 spiro atoms. The molecule has 0 fully saturated rings. The molecular weight excluding hydrogens is 176 g/mol. The highest BCUT2D eigenvalue weighted by atomic mass is 15.3. The van der Waals surface area contributed by atoms with Gasteiger partial charge in [-0.2, -0.15) is 5.10 Å². The van der Waals surface area contributed by atoms with Crippen molar-refractivity contribution in [1.82, 2.24) is 9.78 Å². The summed E-state index contributed by atoms with van der Waals surface area (Å²) in [4.78, 5) is 0. The van der Waals surface area contributed by atoms with Crippen molar-refractivity contribution >= 4 is 11.5 Å². The Morgan fingerprint density at radius 3 is 2.79 bits per heavy atom. The summed E-state index contributed by atoms with van der Waals surface area (Å²) in [6.07, 6.45) is 5.16. The summed E-state index contributed by atoms with van der Waals surface area (Å²) in [6, 6.07) is 0. The summed E-state index contributed by atoms with van der Waals surface area (Å²) < 4.78 is 1.78. The van der Waals surface area contributed by atoms with Crippen LogP contribution in [0.1, 0.15) is 19.0 Å². The Bertz CT molecular complexity index is 325. The van der Waals surface area contributed by atoms with Gasteiger partial charge in [0.1, 0.15) is 5.82 Å². The van der Waals surface area contributed by atoms with Crippen molar-refractivity contribution in [2.24, 2.45) is 7.05 Å². The van der Waals surface area contributed by atoms with Crippen molar-refractivity contribution in [3.8, 4) is 0 Å². The number of nitrogens with zero attached hydrogens (tertiary/aromatic N) is 2. The molecule has 0 aliphatic carbocycles. The Morgan fingerprint density at radius 1 is 1.57 bits per heavy atom. The lowest BCUT2D eigenvalue weighted by Gasteiger charge is -2.05. The van der Waals surface area contributed by atoms with Gasteiger partial charge in [0.25, 0.3) is 0 Å². The van der Waals surface area contributed by atoms with Crippen molar-refractivity contribution in [3.05, 3.63) is 17.8 Å². The molecule has 78 valence electrons. The van der Waals surface area contributed by atoms with E-state index in [4.69, 9.17) is 5.73 Å². The minimum atomic E-state index is 0.743. The molecule has 0 aromatic carbocycles. The Morgan fingerprint density at radius 2 is 2.29 bits per heavy atom. The summed E-state index contributed by atoms with van der Waals surface area (Å²) in [5.41, 5.74) is 7.47. The van der Waals surface area contributed by atoms with Crippen LogP contribution in [-0.2, 0) is 7.05 Å². The SMILES string of the molecule is C/C=C/CCNc1c(N)c(C)nn1C. The minimum Gasteiger partial charge on any atom is -0.394 e. The van der Waals surface area contributed by atoms with Crippen molar-refractivity contribution in [2.75, 3.05) is 17.6 Å². The molecule has 0 aliphatic heterocycles. The van der Waals surface area contributed by atoms with E-state index in [0.29, 0.717) is 0 Å². The fourth-order valence-electron chi connectivity index (χ4n) is 1.32. The van der Waals surface area contributed by atoms with Gasteiger partial charge in [-0.25, -0.2) is 0 Å². The number of hydrogen-bond acceptors (Lipinski definition) is 3. The van der Waals surface area contributed by atoms with E-state index in [1.54, 1.807) is 4.68 Å². The van der Waals surface area contributed by atoms with E-state index in [2.05, 4.69) is 16.5 Å². The van der Waals surface area contributed by atoms with Crippen LogP contribution in [-0.4, -0.2) is 16.3 Å². The van der Waals surface area contributed by atoms with Crippen molar-refractivity contribution in [2.45, 2.75) is 20.3 Å². The smallest absolute Gasteiger partial charge is 0.147 e. The zero-order valence-electron chi connectivity index (χ0n) is 9.04. The number of anilines is 2. The first-order chi connectivity index (χ1) is 6.66. The maximum atomic E-state index is 5.85. The van der Waals surface area contributed by atoms with E-state index in [9.17, 15) is 0 Å². The quantitative estimate of drug-likeness (QED) is 0.566. The number of nitrogens with one attached hydrogen (secondary N) is 1. The number of allylic oxidation sites excluding steroid dienone is 1. The first kappa shape index (κ1) is 10.6. The highest BCUT2D eigenvalue weighted by Crippen LogP contribution is 2.20. The molecule has 0 radical (unpaired) electrons. The predicted molar refractivity (Wildman–Crippen MR) is 60.3 cm³/mol. The molecule has 0 atom stereocenters. The average Bonchev–Trinajstić information content (AvgIpc) is 2.38.